The summed E-state index contributed by atoms with van der Waals surface area (Å²) in [6.45, 7) is 2.88. The first-order valence-corrected chi connectivity index (χ1v) is 28.0. The lowest BCUT2D eigenvalue weighted by Gasteiger charge is -2.28. The van der Waals surface area contributed by atoms with Gasteiger partial charge in [-0.25, -0.2) is 0 Å². The number of hydrogen-bond acceptors (Lipinski definition) is 13. The van der Waals surface area contributed by atoms with E-state index in [1.165, 1.54) is 0 Å². The molecule has 0 spiro atoms. The largest absolute Gasteiger partial charge is 0.380 e. The summed E-state index contributed by atoms with van der Waals surface area (Å²) in [5.74, 6) is -8.00. The molecule has 84 heavy (non-hydrogen) atoms. The summed E-state index contributed by atoms with van der Waals surface area (Å²) in [5.41, 5.74) is 23.4. The molecule has 29 heteroatoms. The van der Waals surface area contributed by atoms with Crippen LogP contribution in [0.3, 0.4) is 0 Å². The lowest BCUT2D eigenvalue weighted by atomic mass is 9.99. The number of fused-ring (bicyclic) bond motifs is 1. The Morgan fingerprint density at radius 1 is 0.429 bits per heavy atom. The number of carbonyl (C=O) groups excluding carboxylic acids is 8. The Morgan fingerprint density at radius 2 is 0.774 bits per heavy atom. The van der Waals surface area contributed by atoms with E-state index in [4.69, 9.17) is 49.3 Å². The van der Waals surface area contributed by atoms with Gasteiger partial charge in [-0.3, -0.25) is 60.0 Å². The summed E-state index contributed by atoms with van der Waals surface area (Å²) in [7, 11) is 0. The van der Waals surface area contributed by atoms with Gasteiger partial charge in [0.05, 0.1) is 6.61 Å². The van der Waals surface area contributed by atoms with Crippen molar-refractivity contribution in [3.8, 4) is 0 Å². The molecule has 0 saturated carbocycles. The molecule has 24 N–H and O–H groups in total. The molecular weight excluding hydrogens is 1080 g/mol. The summed E-state index contributed by atoms with van der Waals surface area (Å²) in [4.78, 5) is 117. The zero-order valence-corrected chi connectivity index (χ0v) is 47.4. The third-order valence-corrected chi connectivity index (χ3v) is 13.3. The van der Waals surface area contributed by atoms with E-state index in [9.17, 15) is 38.4 Å². The minimum atomic E-state index is -1.54. The molecule has 0 radical (unpaired) electrons. The van der Waals surface area contributed by atoms with Crippen LogP contribution < -0.4 is 86.7 Å². The van der Waals surface area contributed by atoms with Gasteiger partial charge in [-0.2, -0.15) is 0 Å². The smallest absolute Gasteiger partial charge is 0.243 e. The van der Waals surface area contributed by atoms with E-state index in [0.29, 0.717) is 17.7 Å². The molecule has 4 rings (SSSR count). The van der Waals surface area contributed by atoms with Crippen molar-refractivity contribution in [1.29, 1.82) is 21.6 Å². The fourth-order valence-corrected chi connectivity index (χ4v) is 9.01. The zero-order chi connectivity index (χ0) is 61.4. The quantitative estimate of drug-likeness (QED) is 0.0206. The van der Waals surface area contributed by atoms with Crippen molar-refractivity contribution in [3.63, 3.8) is 0 Å². The van der Waals surface area contributed by atoms with Crippen LogP contribution in [0.1, 0.15) is 82.3 Å². The number of hydrogen-bond donors (Lipinski definition) is 20. The molecule has 8 amide bonds. The van der Waals surface area contributed by atoms with Gasteiger partial charge in [0.1, 0.15) is 42.3 Å². The van der Waals surface area contributed by atoms with Crippen LogP contribution >= 0.6 is 0 Å². The van der Waals surface area contributed by atoms with Crippen LogP contribution in [0.15, 0.2) is 72.8 Å². The van der Waals surface area contributed by atoms with Gasteiger partial charge in [-0.1, -0.05) is 72.8 Å². The molecular formula is C55H84N20O9. The van der Waals surface area contributed by atoms with Crippen LogP contribution in [-0.2, 0) is 55.9 Å². The number of benzene rings is 3. The monoisotopic (exact) mass is 1170 g/mol. The van der Waals surface area contributed by atoms with E-state index < -0.39 is 89.6 Å². The van der Waals surface area contributed by atoms with Crippen LogP contribution in [0.2, 0.25) is 0 Å². The topological polar surface area (TPSA) is 490 Å². The number of nitrogens with one attached hydrogen (secondary N) is 16. The molecule has 0 bridgehead atoms. The van der Waals surface area contributed by atoms with Crippen LogP contribution in [0.4, 0.5) is 0 Å². The van der Waals surface area contributed by atoms with Gasteiger partial charge in [0.2, 0.25) is 47.3 Å². The summed E-state index contributed by atoms with van der Waals surface area (Å²) < 4.78 is 5.35. The van der Waals surface area contributed by atoms with Gasteiger partial charge < -0.3 is 91.5 Å². The van der Waals surface area contributed by atoms with Crippen molar-refractivity contribution < 1.29 is 43.1 Å². The molecule has 1 heterocycles. The summed E-state index contributed by atoms with van der Waals surface area (Å²) in [6, 6.07) is 11.5. The van der Waals surface area contributed by atoms with Crippen molar-refractivity contribution in [3.05, 3.63) is 83.9 Å². The maximum absolute atomic E-state index is 15.0. The maximum atomic E-state index is 15.0. The van der Waals surface area contributed by atoms with Gasteiger partial charge >= 0.3 is 0 Å². The fraction of sp³-hybridized carbons (Fsp3) is 0.491. The molecule has 3 aromatic rings. The van der Waals surface area contributed by atoms with E-state index in [1.54, 1.807) is 43.3 Å². The molecule has 1 aliphatic heterocycles. The molecule has 7 atom stereocenters. The van der Waals surface area contributed by atoms with E-state index in [1.807, 2.05) is 36.4 Å². The van der Waals surface area contributed by atoms with Crippen molar-refractivity contribution >= 4 is 81.9 Å². The van der Waals surface area contributed by atoms with Gasteiger partial charge in [0.25, 0.3) is 0 Å². The van der Waals surface area contributed by atoms with Gasteiger partial charge in [-0.15, -0.1) is 0 Å². The van der Waals surface area contributed by atoms with Crippen LogP contribution in [0.25, 0.3) is 10.8 Å². The molecule has 1 saturated heterocycles. The van der Waals surface area contributed by atoms with E-state index >= 15 is 0 Å². The van der Waals surface area contributed by atoms with E-state index in [0.717, 1.165) is 10.8 Å². The third kappa shape index (κ3) is 25.2. The number of carbonyl (C=O) groups is 8. The molecule has 1 aliphatic rings. The summed E-state index contributed by atoms with van der Waals surface area (Å²) in [6.07, 6.45) is -0.773. The van der Waals surface area contributed by atoms with Gasteiger partial charge in [0, 0.05) is 58.6 Å². The number of guanidine groups is 4. The second-order valence-corrected chi connectivity index (χ2v) is 20.0. The zero-order valence-electron chi connectivity index (χ0n) is 47.4. The standard InChI is InChI=1S/C55H84N20O9/c1-2-84-29-28-64-44(76)23-22-41-49(81)74-42(31-33-12-4-3-5-13-33)51(83)75-43(32-34-20-21-35-14-6-7-15-36(35)30-34)50(82)72-40(19-11-27-68-55(62)63)47(79)70-38(17-9-25-66-53(58)59)45(77)69-37(16-8-24-65-52(56)57)46(78)71-39(48(80)73-41)18-10-26-67-54(60)61/h3-7,12-15,20-21,30,37-43H,2,8-11,16-19,22-29,31-32H2,1H3,(H,64,76)(H,69,77)(H,70,79)(H,71,78)(H,72,82)(H,73,80)(H,74,81)(H,75,83)(H4,56,57,65)(H4,58,59,66)(H4,60,61,67)(H4,62,63,68)/t37-,38+,39+,40-,41-,42+,43-/m0/s1. The molecule has 1 fully saturated rings. The number of amides is 8. The highest BCUT2D eigenvalue weighted by Gasteiger charge is 2.36. The first kappa shape index (κ1) is 67.2. The third-order valence-electron chi connectivity index (χ3n) is 13.3. The van der Waals surface area contributed by atoms with Crippen molar-refractivity contribution in [2.45, 2.75) is 126 Å². The first-order valence-electron chi connectivity index (χ1n) is 28.0. The van der Waals surface area contributed by atoms with E-state index in [-0.39, 0.29) is 140 Å². The normalized spacial score (nSPS) is 20.2. The number of nitrogens with two attached hydrogens (primary N) is 4. The highest BCUT2D eigenvalue weighted by atomic mass is 16.5. The van der Waals surface area contributed by atoms with E-state index in [2.05, 4.69) is 63.8 Å². The number of rotatable bonds is 27. The fourth-order valence-electron chi connectivity index (χ4n) is 9.01. The van der Waals surface area contributed by atoms with Crippen molar-refractivity contribution in [1.82, 2.24) is 63.8 Å². The van der Waals surface area contributed by atoms with Gasteiger partial charge in [-0.05, 0) is 86.6 Å². The highest BCUT2D eigenvalue weighted by molar-refractivity contribution is 5.99. The predicted molar refractivity (Wildman–Crippen MR) is 317 cm³/mol. The Hall–Kier alpha value is -9.28. The maximum Gasteiger partial charge on any atom is 0.243 e. The van der Waals surface area contributed by atoms with Crippen molar-refractivity contribution in [2.24, 2.45) is 22.9 Å². The Labute approximate surface area is 488 Å². The van der Waals surface area contributed by atoms with Crippen molar-refractivity contribution in [2.75, 3.05) is 45.9 Å². The average Bonchev–Trinajstić information content (AvgIpc) is 3.66. The predicted octanol–water partition coefficient (Wildman–Crippen LogP) is -2.98. The molecule has 29 nitrogen and oxygen atoms in total. The number of ether oxygens (including phenoxy) is 1. The molecule has 0 unspecified atom stereocenters. The average molecular weight is 1170 g/mol. The molecule has 0 aliphatic carbocycles. The SMILES string of the molecule is CCOCCNC(=O)CC[C@@H]1NC(=O)[C@@H](CCCNC(=N)N)NC(=O)[C@H](CCCNC(=N)N)NC(=O)[C@@H](CCCNC(=N)N)NC(=O)[C@H](CCCNC(=N)N)NC(=O)[C@H](Cc2ccc3ccccc3c2)NC(=O)[C@@H](Cc2ccccc2)NC1=O. The molecule has 458 valence electrons. The summed E-state index contributed by atoms with van der Waals surface area (Å²) >= 11 is 0. The Kier molecular flexibility index (Phi) is 29.0. The minimum absolute atomic E-state index is 0.0707. The lowest BCUT2D eigenvalue weighted by Crippen LogP contribution is -2.60. The lowest BCUT2D eigenvalue weighted by molar-refractivity contribution is -0.135. The Morgan fingerprint density at radius 3 is 1.17 bits per heavy atom. The first-order chi connectivity index (χ1) is 40.2. The molecule has 3 aromatic carbocycles. The second-order valence-electron chi connectivity index (χ2n) is 20.0. The van der Waals surface area contributed by atoms with Crippen LogP contribution in [0, 0.1) is 21.6 Å². The van der Waals surface area contributed by atoms with Crippen LogP contribution in [-0.4, -0.2) is 159 Å². The summed E-state index contributed by atoms with van der Waals surface area (Å²) in [5, 5.41) is 64.9. The Bertz CT molecular complexity index is 2730. The Balaban J connectivity index is 1.92. The minimum Gasteiger partial charge on any atom is -0.380 e. The highest BCUT2D eigenvalue weighted by Crippen LogP contribution is 2.18. The van der Waals surface area contributed by atoms with Gasteiger partial charge in [0.15, 0.2) is 23.8 Å². The second kappa shape index (κ2) is 36.2. The molecule has 0 aromatic heterocycles. The van der Waals surface area contributed by atoms with Crippen LogP contribution in [0.5, 0.6) is 0 Å².